The number of hydrogen-bond acceptors (Lipinski definition) is 4. The maximum atomic E-state index is 12.4. The van der Waals surface area contributed by atoms with E-state index in [0.29, 0.717) is 6.42 Å². The van der Waals surface area contributed by atoms with Crippen LogP contribution in [0.15, 0.2) is 0 Å². The third-order valence-corrected chi connectivity index (χ3v) is 5.39. The number of rotatable bonds is 9. The lowest BCUT2D eigenvalue weighted by atomic mass is 9.93. The Morgan fingerprint density at radius 2 is 1.95 bits per heavy atom. The summed E-state index contributed by atoms with van der Waals surface area (Å²) < 4.78 is 27.2. The quantitative estimate of drug-likeness (QED) is 0.617. The van der Waals surface area contributed by atoms with Gasteiger partial charge in [0.2, 0.25) is 0 Å². The van der Waals surface area contributed by atoms with Gasteiger partial charge in [0.25, 0.3) is 10.2 Å². The van der Waals surface area contributed by atoms with Crippen LogP contribution in [0.3, 0.4) is 0 Å². The zero-order valence-corrected chi connectivity index (χ0v) is 12.0. The van der Waals surface area contributed by atoms with Crippen LogP contribution in [-0.2, 0) is 15.0 Å². The van der Waals surface area contributed by atoms with E-state index in [4.69, 9.17) is 10.2 Å². The maximum absolute atomic E-state index is 12.4. The SMILES string of the molecule is CN(CCC(=O)O)S(=O)(=O)N(CCCO)C1CCC1. The number of aliphatic hydroxyl groups excluding tert-OH is 1. The summed E-state index contributed by atoms with van der Waals surface area (Å²) >= 11 is 0. The summed E-state index contributed by atoms with van der Waals surface area (Å²) in [5.74, 6) is -1.02. The van der Waals surface area contributed by atoms with Gasteiger partial charge >= 0.3 is 5.97 Å². The monoisotopic (exact) mass is 294 g/mol. The first kappa shape index (κ1) is 16.4. The van der Waals surface area contributed by atoms with E-state index in [2.05, 4.69) is 0 Å². The minimum absolute atomic E-state index is 0.0103. The molecule has 1 fully saturated rings. The molecule has 1 aliphatic carbocycles. The second-order valence-corrected chi connectivity index (χ2v) is 6.73. The van der Waals surface area contributed by atoms with E-state index in [1.807, 2.05) is 0 Å². The van der Waals surface area contributed by atoms with Gasteiger partial charge in [-0.3, -0.25) is 4.79 Å². The van der Waals surface area contributed by atoms with Gasteiger partial charge in [0.1, 0.15) is 0 Å². The summed E-state index contributed by atoms with van der Waals surface area (Å²) in [6.07, 6.45) is 2.85. The van der Waals surface area contributed by atoms with E-state index < -0.39 is 16.2 Å². The highest BCUT2D eigenvalue weighted by Crippen LogP contribution is 2.28. The van der Waals surface area contributed by atoms with Crippen LogP contribution in [0.2, 0.25) is 0 Å². The first-order chi connectivity index (χ1) is 8.89. The number of carboxylic acids is 1. The van der Waals surface area contributed by atoms with Crippen molar-refractivity contribution in [1.29, 1.82) is 0 Å². The van der Waals surface area contributed by atoms with Gasteiger partial charge in [0.15, 0.2) is 0 Å². The van der Waals surface area contributed by atoms with Gasteiger partial charge in [-0.1, -0.05) is 6.42 Å². The second kappa shape index (κ2) is 7.18. The molecule has 112 valence electrons. The smallest absolute Gasteiger partial charge is 0.304 e. The third-order valence-electron chi connectivity index (χ3n) is 3.35. The lowest BCUT2D eigenvalue weighted by molar-refractivity contribution is -0.137. The van der Waals surface area contributed by atoms with Crippen molar-refractivity contribution in [2.45, 2.75) is 38.1 Å². The summed E-state index contributed by atoms with van der Waals surface area (Å²) in [5, 5.41) is 17.5. The van der Waals surface area contributed by atoms with Crippen LogP contribution in [0.25, 0.3) is 0 Å². The van der Waals surface area contributed by atoms with Crippen molar-refractivity contribution < 1.29 is 23.4 Å². The van der Waals surface area contributed by atoms with E-state index in [-0.39, 0.29) is 32.2 Å². The molecular formula is C11H22N2O5S. The predicted molar refractivity (Wildman–Crippen MR) is 69.9 cm³/mol. The zero-order chi connectivity index (χ0) is 14.5. The van der Waals surface area contributed by atoms with Crippen LogP contribution >= 0.6 is 0 Å². The normalized spacial score (nSPS) is 16.8. The number of nitrogens with zero attached hydrogens (tertiary/aromatic N) is 2. The van der Waals surface area contributed by atoms with Crippen molar-refractivity contribution in [3.8, 4) is 0 Å². The summed E-state index contributed by atoms with van der Waals surface area (Å²) in [7, 11) is -2.25. The van der Waals surface area contributed by atoms with Gasteiger partial charge in [0, 0.05) is 32.8 Å². The van der Waals surface area contributed by atoms with Crippen LogP contribution in [-0.4, -0.2) is 66.0 Å². The molecule has 0 aliphatic heterocycles. The molecular weight excluding hydrogens is 272 g/mol. The fourth-order valence-corrected chi connectivity index (χ4v) is 3.56. The largest absolute Gasteiger partial charge is 0.481 e. The fourth-order valence-electron chi connectivity index (χ4n) is 1.94. The molecule has 7 nitrogen and oxygen atoms in total. The Morgan fingerprint density at radius 3 is 2.37 bits per heavy atom. The van der Waals surface area contributed by atoms with E-state index in [1.165, 1.54) is 11.4 Å². The van der Waals surface area contributed by atoms with Crippen LogP contribution in [0.4, 0.5) is 0 Å². The molecule has 19 heavy (non-hydrogen) atoms. The Hall–Kier alpha value is -0.700. The number of carboxylic acid groups (broad SMARTS) is 1. The molecule has 0 amide bonds. The van der Waals surface area contributed by atoms with Gasteiger partial charge in [-0.2, -0.15) is 17.0 Å². The van der Waals surface area contributed by atoms with Gasteiger partial charge < -0.3 is 10.2 Å². The van der Waals surface area contributed by atoms with Crippen molar-refractivity contribution in [1.82, 2.24) is 8.61 Å². The van der Waals surface area contributed by atoms with Gasteiger partial charge in [-0.05, 0) is 19.3 Å². The Kier molecular flexibility index (Phi) is 6.18. The lowest BCUT2D eigenvalue weighted by Crippen LogP contribution is -2.50. The molecule has 1 rings (SSSR count). The van der Waals surface area contributed by atoms with E-state index in [0.717, 1.165) is 23.6 Å². The average Bonchev–Trinajstić information content (AvgIpc) is 2.28. The van der Waals surface area contributed by atoms with Crippen molar-refractivity contribution in [2.24, 2.45) is 0 Å². The lowest BCUT2D eigenvalue weighted by Gasteiger charge is -2.38. The Bertz CT molecular complexity index is 394. The molecule has 0 atom stereocenters. The van der Waals surface area contributed by atoms with Crippen molar-refractivity contribution in [3.05, 3.63) is 0 Å². The first-order valence-corrected chi connectivity index (χ1v) is 7.85. The molecule has 0 aromatic carbocycles. The summed E-state index contributed by atoms with van der Waals surface area (Å²) in [6.45, 7) is 0.179. The van der Waals surface area contributed by atoms with E-state index in [1.54, 1.807) is 0 Å². The van der Waals surface area contributed by atoms with Crippen LogP contribution in [0, 0.1) is 0 Å². The van der Waals surface area contributed by atoms with Crippen LogP contribution in [0.1, 0.15) is 32.1 Å². The van der Waals surface area contributed by atoms with Crippen LogP contribution < -0.4 is 0 Å². The maximum Gasteiger partial charge on any atom is 0.304 e. The molecule has 2 N–H and O–H groups in total. The van der Waals surface area contributed by atoms with E-state index in [9.17, 15) is 13.2 Å². The highest BCUT2D eigenvalue weighted by molar-refractivity contribution is 7.86. The number of carbonyl (C=O) groups is 1. The fraction of sp³-hybridized carbons (Fsp3) is 0.909. The predicted octanol–water partition coefficient (Wildman–Crippen LogP) is -0.125. The molecule has 0 radical (unpaired) electrons. The summed E-state index contributed by atoms with van der Waals surface area (Å²) in [4.78, 5) is 10.5. The molecule has 0 unspecified atom stereocenters. The topological polar surface area (TPSA) is 98.2 Å². The highest BCUT2D eigenvalue weighted by atomic mass is 32.2. The second-order valence-electron chi connectivity index (χ2n) is 4.75. The zero-order valence-electron chi connectivity index (χ0n) is 11.2. The molecule has 8 heteroatoms. The van der Waals surface area contributed by atoms with Gasteiger partial charge in [0.05, 0.1) is 6.42 Å². The third kappa shape index (κ3) is 4.41. The van der Waals surface area contributed by atoms with Crippen LogP contribution in [0.5, 0.6) is 0 Å². The molecule has 0 saturated heterocycles. The number of hydrogen-bond donors (Lipinski definition) is 2. The Morgan fingerprint density at radius 1 is 1.32 bits per heavy atom. The molecule has 0 heterocycles. The van der Waals surface area contributed by atoms with Crippen molar-refractivity contribution in [2.75, 3.05) is 26.7 Å². The Labute approximate surface area is 114 Å². The van der Waals surface area contributed by atoms with Gasteiger partial charge in [-0.25, -0.2) is 0 Å². The average molecular weight is 294 g/mol. The van der Waals surface area contributed by atoms with E-state index >= 15 is 0 Å². The summed E-state index contributed by atoms with van der Waals surface area (Å²) in [5.41, 5.74) is 0. The molecule has 1 aliphatic rings. The Balaban J connectivity index is 2.70. The molecule has 0 bridgehead atoms. The van der Waals surface area contributed by atoms with Gasteiger partial charge in [-0.15, -0.1) is 0 Å². The molecule has 0 aromatic heterocycles. The molecule has 1 saturated carbocycles. The summed E-state index contributed by atoms with van der Waals surface area (Å²) in [6, 6.07) is -0.0103. The van der Waals surface area contributed by atoms with Crippen molar-refractivity contribution >= 4 is 16.2 Å². The minimum atomic E-state index is -3.64. The minimum Gasteiger partial charge on any atom is -0.481 e. The van der Waals surface area contributed by atoms with Crippen molar-refractivity contribution in [3.63, 3.8) is 0 Å². The standard InChI is InChI=1S/C11H22N2O5S/c1-12(8-6-11(15)16)19(17,18)13(7-3-9-14)10-4-2-5-10/h10,14H,2-9H2,1H3,(H,15,16). The molecule has 0 aromatic rings. The number of aliphatic carboxylic acids is 1. The first-order valence-electron chi connectivity index (χ1n) is 6.45. The number of aliphatic hydroxyl groups is 1. The highest BCUT2D eigenvalue weighted by Gasteiger charge is 2.35. The molecule has 0 spiro atoms.